The molecule has 192 valence electrons. The lowest BCUT2D eigenvalue weighted by atomic mass is 10.1. The zero-order chi connectivity index (χ0) is 26.6. The summed E-state index contributed by atoms with van der Waals surface area (Å²) in [6, 6.07) is 5.20. The summed E-state index contributed by atoms with van der Waals surface area (Å²) in [6.07, 6.45) is 2.26. The molecule has 0 saturated heterocycles. The third-order valence-corrected chi connectivity index (χ3v) is 7.05. The molecule has 2 heterocycles. The third kappa shape index (κ3) is 6.06. The van der Waals surface area contributed by atoms with Gasteiger partial charge < -0.3 is 19.7 Å². The van der Waals surface area contributed by atoms with Crippen molar-refractivity contribution < 1.29 is 23.9 Å². The second kappa shape index (κ2) is 11.6. The normalized spacial score (nSPS) is 10.8. The van der Waals surface area contributed by atoms with Gasteiger partial charge in [0.05, 0.1) is 17.0 Å². The average molecular weight is 533 g/mol. The van der Waals surface area contributed by atoms with Crippen molar-refractivity contribution in [2.45, 2.75) is 40.8 Å². The number of anilines is 1. The van der Waals surface area contributed by atoms with Crippen molar-refractivity contribution in [3.05, 3.63) is 62.2 Å². The molecule has 1 N–H and O–H groups in total. The Morgan fingerprint density at radius 1 is 1.17 bits per heavy atom. The zero-order valence-electron chi connectivity index (χ0n) is 21.1. The largest absolute Gasteiger partial charge is 0.471 e. The number of thiophene rings is 1. The summed E-state index contributed by atoms with van der Waals surface area (Å²) in [5.41, 5.74) is 2.56. The quantitative estimate of drug-likeness (QED) is 0.385. The van der Waals surface area contributed by atoms with Gasteiger partial charge in [-0.15, -0.1) is 11.3 Å². The first-order valence-corrected chi connectivity index (χ1v) is 12.5. The number of ether oxygens (including phenoxy) is 2. The maximum absolute atomic E-state index is 13.0. The van der Waals surface area contributed by atoms with Crippen LogP contribution in [0, 0.1) is 20.8 Å². The fraction of sp³-hybridized carbons (Fsp3) is 0.360. The number of hydrogen-bond acceptors (Lipinski definition) is 7. The highest BCUT2D eigenvalue weighted by molar-refractivity contribution is 7.18. The van der Waals surface area contributed by atoms with E-state index in [0.29, 0.717) is 27.6 Å². The molecule has 0 aliphatic carbocycles. The van der Waals surface area contributed by atoms with E-state index in [4.69, 9.17) is 21.1 Å². The minimum Gasteiger partial charge on any atom is -0.471 e. The van der Waals surface area contributed by atoms with Gasteiger partial charge in [-0.1, -0.05) is 18.5 Å². The van der Waals surface area contributed by atoms with Gasteiger partial charge in [0.1, 0.15) is 10.8 Å². The van der Waals surface area contributed by atoms with Gasteiger partial charge in [0.2, 0.25) is 0 Å². The highest BCUT2D eigenvalue weighted by Gasteiger charge is 2.28. The van der Waals surface area contributed by atoms with Gasteiger partial charge in [-0.2, -0.15) is 5.10 Å². The number of aryl methyl sites for hydroxylation is 2. The first-order chi connectivity index (χ1) is 17.0. The molecule has 0 bridgehead atoms. The first-order valence-electron chi connectivity index (χ1n) is 11.3. The van der Waals surface area contributed by atoms with E-state index < -0.39 is 11.9 Å². The van der Waals surface area contributed by atoms with E-state index >= 15 is 0 Å². The summed E-state index contributed by atoms with van der Waals surface area (Å²) in [4.78, 5) is 40.1. The minimum atomic E-state index is -0.591. The standard InChI is InChI=1S/C25H29ClN4O5S/c1-7-10-34-25(33)19-16(4)21(24(32)29(5)6)36-23(19)27-22(31)18-8-9-30(28-18)13-35-17-11-14(2)20(26)15(3)12-17/h8-9,11-12H,7,10,13H2,1-6H3,(H,27,31). The van der Waals surface area contributed by atoms with Gasteiger partial charge in [-0.3, -0.25) is 9.59 Å². The molecule has 0 atom stereocenters. The van der Waals surface area contributed by atoms with Gasteiger partial charge >= 0.3 is 5.97 Å². The van der Waals surface area contributed by atoms with Crippen LogP contribution in [0.3, 0.4) is 0 Å². The lowest BCUT2D eigenvalue weighted by Crippen LogP contribution is -2.21. The predicted octanol–water partition coefficient (Wildman–Crippen LogP) is 5.08. The third-order valence-electron chi connectivity index (χ3n) is 5.26. The molecule has 0 spiro atoms. The van der Waals surface area contributed by atoms with E-state index in [9.17, 15) is 14.4 Å². The van der Waals surface area contributed by atoms with Crippen LogP contribution in [0.15, 0.2) is 24.4 Å². The predicted molar refractivity (Wildman–Crippen MR) is 139 cm³/mol. The Morgan fingerprint density at radius 2 is 1.83 bits per heavy atom. The number of aromatic nitrogens is 2. The smallest absolute Gasteiger partial charge is 0.341 e. The lowest BCUT2D eigenvalue weighted by molar-refractivity contribution is 0.0506. The van der Waals surface area contributed by atoms with Crippen molar-refractivity contribution in [1.82, 2.24) is 14.7 Å². The summed E-state index contributed by atoms with van der Waals surface area (Å²) >= 11 is 7.24. The number of rotatable bonds is 9. The van der Waals surface area contributed by atoms with Crippen molar-refractivity contribution in [3.8, 4) is 5.75 Å². The van der Waals surface area contributed by atoms with Gasteiger partial charge in [-0.25, -0.2) is 9.48 Å². The molecular formula is C25H29ClN4O5S. The Hall–Kier alpha value is -3.37. The molecule has 0 unspecified atom stereocenters. The number of carbonyl (C=O) groups excluding carboxylic acids is 3. The van der Waals surface area contributed by atoms with E-state index in [1.807, 2.05) is 32.9 Å². The van der Waals surface area contributed by atoms with E-state index in [2.05, 4.69) is 10.4 Å². The number of esters is 1. The molecule has 3 rings (SSSR count). The maximum Gasteiger partial charge on any atom is 0.341 e. The summed E-state index contributed by atoms with van der Waals surface area (Å²) in [7, 11) is 3.24. The Kier molecular flexibility index (Phi) is 8.75. The van der Waals surface area contributed by atoms with Crippen LogP contribution in [-0.2, 0) is 11.5 Å². The monoisotopic (exact) mass is 532 g/mol. The summed E-state index contributed by atoms with van der Waals surface area (Å²) < 4.78 is 12.6. The molecule has 11 heteroatoms. The molecule has 2 amide bonds. The van der Waals surface area contributed by atoms with E-state index in [0.717, 1.165) is 22.5 Å². The van der Waals surface area contributed by atoms with Crippen molar-refractivity contribution in [2.24, 2.45) is 0 Å². The summed E-state index contributed by atoms with van der Waals surface area (Å²) in [6.45, 7) is 7.66. The molecule has 0 saturated carbocycles. The minimum absolute atomic E-state index is 0.0853. The number of hydrogen-bond donors (Lipinski definition) is 1. The van der Waals surface area contributed by atoms with Gasteiger partial charge in [0, 0.05) is 25.3 Å². The fourth-order valence-corrected chi connectivity index (χ4v) is 4.69. The number of amides is 2. The van der Waals surface area contributed by atoms with E-state index in [1.54, 1.807) is 33.3 Å². The number of carbonyl (C=O) groups is 3. The van der Waals surface area contributed by atoms with Crippen molar-refractivity contribution in [3.63, 3.8) is 0 Å². The molecule has 2 aromatic heterocycles. The summed E-state index contributed by atoms with van der Waals surface area (Å²) in [5, 5.41) is 7.92. The van der Waals surface area contributed by atoms with Crippen LogP contribution in [0.1, 0.15) is 60.6 Å². The zero-order valence-corrected chi connectivity index (χ0v) is 22.7. The molecule has 0 aliphatic rings. The Balaban J connectivity index is 1.78. The molecule has 0 radical (unpaired) electrons. The van der Waals surface area contributed by atoms with Crippen molar-refractivity contribution in [2.75, 3.05) is 26.0 Å². The molecule has 0 fully saturated rings. The SMILES string of the molecule is CCCOC(=O)c1c(NC(=O)c2ccn(COc3cc(C)c(Cl)c(C)c3)n2)sc(C(=O)N(C)C)c1C. The first kappa shape index (κ1) is 27.2. The van der Waals surface area contributed by atoms with Gasteiger partial charge in [0.25, 0.3) is 11.8 Å². The van der Waals surface area contributed by atoms with Crippen LogP contribution < -0.4 is 10.1 Å². The van der Waals surface area contributed by atoms with Crippen LogP contribution >= 0.6 is 22.9 Å². The molecule has 1 aromatic carbocycles. The maximum atomic E-state index is 13.0. The van der Waals surface area contributed by atoms with Crippen molar-refractivity contribution in [1.29, 1.82) is 0 Å². The number of benzene rings is 1. The van der Waals surface area contributed by atoms with Gasteiger partial charge in [0.15, 0.2) is 12.4 Å². The van der Waals surface area contributed by atoms with Crippen LogP contribution in [0.25, 0.3) is 0 Å². The summed E-state index contributed by atoms with van der Waals surface area (Å²) in [5.74, 6) is -0.748. The fourth-order valence-electron chi connectivity index (χ4n) is 3.37. The van der Waals surface area contributed by atoms with Crippen LogP contribution in [-0.4, -0.2) is 53.2 Å². The van der Waals surface area contributed by atoms with Crippen LogP contribution in [0.2, 0.25) is 5.02 Å². The molecule has 9 nitrogen and oxygen atoms in total. The topological polar surface area (TPSA) is 103 Å². The number of nitrogens with zero attached hydrogens (tertiary/aromatic N) is 3. The van der Waals surface area contributed by atoms with Crippen LogP contribution in [0.5, 0.6) is 5.75 Å². The molecule has 36 heavy (non-hydrogen) atoms. The second-order valence-electron chi connectivity index (χ2n) is 8.43. The highest BCUT2D eigenvalue weighted by atomic mass is 35.5. The Labute approximate surface area is 218 Å². The second-order valence-corrected chi connectivity index (χ2v) is 9.83. The van der Waals surface area contributed by atoms with Crippen molar-refractivity contribution >= 4 is 45.7 Å². The molecule has 3 aromatic rings. The van der Waals surface area contributed by atoms with E-state index in [-0.39, 0.29) is 35.5 Å². The lowest BCUT2D eigenvalue weighted by Gasteiger charge is -2.10. The molecule has 0 aliphatic heterocycles. The number of halogens is 1. The van der Waals surface area contributed by atoms with E-state index in [1.165, 1.54) is 9.58 Å². The van der Waals surface area contributed by atoms with Gasteiger partial charge in [-0.05, 0) is 62.1 Å². The molecular weight excluding hydrogens is 504 g/mol. The average Bonchev–Trinajstić information content (AvgIpc) is 3.43. The van der Waals surface area contributed by atoms with Crippen LogP contribution in [0.4, 0.5) is 5.00 Å². The Morgan fingerprint density at radius 3 is 2.44 bits per heavy atom. The Bertz CT molecular complexity index is 1270. The number of nitrogens with one attached hydrogen (secondary N) is 1. The highest BCUT2D eigenvalue weighted by Crippen LogP contribution is 2.35.